The molecule has 6 heteroatoms. The molecule has 0 fully saturated rings. The second-order valence-electron chi connectivity index (χ2n) is 4.16. The lowest BCUT2D eigenvalue weighted by atomic mass is 10.2. The van der Waals surface area contributed by atoms with Crippen LogP contribution in [0.4, 0.5) is 4.39 Å². The third-order valence-corrected chi connectivity index (χ3v) is 2.62. The van der Waals surface area contributed by atoms with E-state index in [0.717, 1.165) is 5.56 Å². The van der Waals surface area contributed by atoms with Gasteiger partial charge in [0.15, 0.2) is 10.3 Å². The molecule has 1 unspecified atom stereocenters. The van der Waals surface area contributed by atoms with Crippen molar-refractivity contribution in [2.24, 2.45) is 0 Å². The van der Waals surface area contributed by atoms with Crippen LogP contribution in [0.25, 0.3) is 11.3 Å². The van der Waals surface area contributed by atoms with Crippen molar-refractivity contribution in [1.29, 1.82) is 0 Å². The fraction of sp³-hybridized carbons (Fsp3) is 0.231. The minimum absolute atomic E-state index is 0.135. The SMILES string of the molecule is CC(F)(Br)CNC(=O)c1ccc(-c2cccnc2)o1. The molecule has 2 aromatic rings. The van der Waals surface area contributed by atoms with E-state index in [9.17, 15) is 9.18 Å². The summed E-state index contributed by atoms with van der Waals surface area (Å²) in [6.45, 7) is 1.17. The summed E-state index contributed by atoms with van der Waals surface area (Å²) >= 11 is 2.80. The average molecular weight is 327 g/mol. The lowest BCUT2D eigenvalue weighted by Crippen LogP contribution is -2.33. The van der Waals surface area contributed by atoms with Crippen LogP contribution >= 0.6 is 15.9 Å². The number of carbonyl (C=O) groups excluding carboxylic acids is 1. The van der Waals surface area contributed by atoms with Crippen LogP contribution in [0.5, 0.6) is 0 Å². The van der Waals surface area contributed by atoms with E-state index in [2.05, 4.69) is 26.2 Å². The zero-order valence-corrected chi connectivity index (χ0v) is 11.8. The van der Waals surface area contributed by atoms with Crippen LogP contribution < -0.4 is 5.32 Å². The van der Waals surface area contributed by atoms with Crippen LogP contribution in [0.15, 0.2) is 41.1 Å². The number of nitrogens with one attached hydrogen (secondary N) is 1. The lowest BCUT2D eigenvalue weighted by molar-refractivity contribution is 0.0913. The molecule has 100 valence electrons. The molecule has 0 aliphatic carbocycles. The summed E-state index contributed by atoms with van der Waals surface area (Å²) in [6.07, 6.45) is 3.29. The molecule has 0 bridgehead atoms. The molecule has 0 aliphatic heterocycles. The van der Waals surface area contributed by atoms with Crippen molar-refractivity contribution in [3.63, 3.8) is 0 Å². The summed E-state index contributed by atoms with van der Waals surface area (Å²) in [6, 6.07) is 6.82. The molecular weight excluding hydrogens is 315 g/mol. The van der Waals surface area contributed by atoms with Gasteiger partial charge in [-0.15, -0.1) is 0 Å². The molecule has 2 rings (SSSR count). The second-order valence-corrected chi connectivity index (χ2v) is 5.81. The van der Waals surface area contributed by atoms with Crippen molar-refractivity contribution >= 4 is 21.8 Å². The van der Waals surface area contributed by atoms with Gasteiger partial charge in [0.25, 0.3) is 5.91 Å². The number of nitrogens with zero attached hydrogens (tertiary/aromatic N) is 1. The van der Waals surface area contributed by atoms with Gasteiger partial charge < -0.3 is 9.73 Å². The fourth-order valence-corrected chi connectivity index (χ4v) is 1.59. The topological polar surface area (TPSA) is 55.1 Å². The molecule has 1 atom stereocenters. The van der Waals surface area contributed by atoms with Gasteiger partial charge in [-0.1, -0.05) is 0 Å². The van der Waals surface area contributed by atoms with Crippen molar-refractivity contribution in [1.82, 2.24) is 10.3 Å². The maximum Gasteiger partial charge on any atom is 0.287 e. The Hall–Kier alpha value is -1.69. The van der Waals surface area contributed by atoms with Crippen molar-refractivity contribution in [2.45, 2.75) is 11.5 Å². The maximum atomic E-state index is 13.2. The predicted octanol–water partition coefficient (Wildman–Crippen LogP) is 3.15. The van der Waals surface area contributed by atoms with Gasteiger partial charge in [0.2, 0.25) is 0 Å². The summed E-state index contributed by atoms with van der Waals surface area (Å²) in [5, 5.41) is 2.43. The van der Waals surface area contributed by atoms with Crippen molar-refractivity contribution < 1.29 is 13.6 Å². The zero-order chi connectivity index (χ0) is 13.9. The summed E-state index contributed by atoms with van der Waals surface area (Å²) in [7, 11) is 0. The molecule has 2 heterocycles. The number of hydrogen-bond acceptors (Lipinski definition) is 3. The quantitative estimate of drug-likeness (QED) is 0.878. The highest BCUT2D eigenvalue weighted by atomic mass is 79.9. The highest BCUT2D eigenvalue weighted by Crippen LogP contribution is 2.21. The molecule has 0 saturated carbocycles. The van der Waals surface area contributed by atoms with Crippen molar-refractivity contribution in [2.75, 3.05) is 6.54 Å². The largest absolute Gasteiger partial charge is 0.451 e. The second kappa shape index (κ2) is 5.52. The number of pyridine rings is 1. The van der Waals surface area contributed by atoms with Gasteiger partial charge in [-0.2, -0.15) is 0 Å². The normalized spacial score (nSPS) is 13.8. The Morgan fingerprint density at radius 1 is 1.53 bits per heavy atom. The van der Waals surface area contributed by atoms with Gasteiger partial charge in [0.1, 0.15) is 5.76 Å². The van der Waals surface area contributed by atoms with E-state index in [1.54, 1.807) is 30.6 Å². The molecule has 0 aromatic carbocycles. The Kier molecular flexibility index (Phi) is 3.99. The first-order valence-corrected chi connectivity index (χ1v) is 6.41. The maximum absolute atomic E-state index is 13.2. The number of alkyl halides is 2. The number of halogens is 2. The van der Waals surface area contributed by atoms with Crippen molar-refractivity contribution in [3.8, 4) is 11.3 Å². The third kappa shape index (κ3) is 3.89. The smallest absolute Gasteiger partial charge is 0.287 e. The minimum Gasteiger partial charge on any atom is -0.451 e. The first-order chi connectivity index (χ1) is 8.96. The van der Waals surface area contributed by atoms with E-state index in [0.29, 0.717) is 5.76 Å². The molecule has 4 nitrogen and oxygen atoms in total. The Balaban J connectivity index is 2.07. The van der Waals surface area contributed by atoms with E-state index in [-0.39, 0.29) is 12.3 Å². The van der Waals surface area contributed by atoms with Gasteiger partial charge in [0.05, 0.1) is 6.54 Å². The van der Waals surface area contributed by atoms with Gasteiger partial charge in [-0.25, -0.2) is 4.39 Å². The molecule has 19 heavy (non-hydrogen) atoms. The van der Waals surface area contributed by atoms with Crippen LogP contribution in [-0.4, -0.2) is 22.0 Å². The number of carbonyl (C=O) groups is 1. The van der Waals surface area contributed by atoms with E-state index in [1.807, 2.05) is 6.07 Å². The Morgan fingerprint density at radius 3 is 2.95 bits per heavy atom. The first-order valence-electron chi connectivity index (χ1n) is 5.62. The zero-order valence-electron chi connectivity index (χ0n) is 10.2. The highest BCUT2D eigenvalue weighted by Gasteiger charge is 2.20. The van der Waals surface area contributed by atoms with Crippen molar-refractivity contribution in [3.05, 3.63) is 42.4 Å². The molecular formula is C13H12BrFN2O2. The number of amides is 1. The third-order valence-electron chi connectivity index (χ3n) is 2.34. The number of aromatic nitrogens is 1. The van der Waals surface area contributed by atoms with E-state index >= 15 is 0 Å². The number of rotatable bonds is 4. The van der Waals surface area contributed by atoms with Gasteiger partial charge in [0, 0.05) is 18.0 Å². The molecule has 0 aliphatic rings. The molecule has 1 N–H and O–H groups in total. The predicted molar refractivity (Wildman–Crippen MR) is 72.7 cm³/mol. The molecule has 0 radical (unpaired) electrons. The Bertz CT molecular complexity index is 564. The van der Waals surface area contributed by atoms with E-state index in [4.69, 9.17) is 4.42 Å². The van der Waals surface area contributed by atoms with Crippen LogP contribution in [0.3, 0.4) is 0 Å². The van der Waals surface area contributed by atoms with E-state index < -0.39 is 10.5 Å². The minimum atomic E-state index is -1.64. The summed E-state index contributed by atoms with van der Waals surface area (Å²) in [4.78, 5) is 15.7. The molecule has 0 spiro atoms. The van der Waals surface area contributed by atoms with Crippen LogP contribution in [0.1, 0.15) is 17.5 Å². The summed E-state index contributed by atoms with van der Waals surface area (Å²) in [5.41, 5.74) is 0.775. The van der Waals surface area contributed by atoms with Gasteiger partial charge in [-0.3, -0.25) is 9.78 Å². The standard InChI is InChI=1S/C13H12BrFN2O2/c1-13(14,15)8-17-12(18)11-5-4-10(19-11)9-3-2-6-16-7-9/h2-7H,8H2,1H3,(H,17,18). The van der Waals surface area contributed by atoms with Crippen LogP contribution in [0, 0.1) is 0 Å². The molecule has 0 saturated heterocycles. The molecule has 1 amide bonds. The first kappa shape index (κ1) is 13.7. The Labute approximate surface area is 118 Å². The number of furan rings is 1. The van der Waals surface area contributed by atoms with Gasteiger partial charge >= 0.3 is 0 Å². The summed E-state index contributed by atoms with van der Waals surface area (Å²) in [5.74, 6) is 0.217. The van der Waals surface area contributed by atoms with Crippen LogP contribution in [0.2, 0.25) is 0 Å². The van der Waals surface area contributed by atoms with Crippen LogP contribution in [-0.2, 0) is 0 Å². The summed E-state index contributed by atoms with van der Waals surface area (Å²) < 4.78 is 17.0. The lowest BCUT2D eigenvalue weighted by Gasteiger charge is -2.11. The monoisotopic (exact) mass is 326 g/mol. The highest BCUT2D eigenvalue weighted by molar-refractivity contribution is 9.10. The Morgan fingerprint density at radius 2 is 2.32 bits per heavy atom. The average Bonchev–Trinajstić information content (AvgIpc) is 2.86. The van der Waals surface area contributed by atoms with Gasteiger partial charge in [-0.05, 0) is 47.1 Å². The number of hydrogen-bond donors (Lipinski definition) is 1. The van der Waals surface area contributed by atoms with E-state index in [1.165, 1.54) is 6.92 Å². The molecule has 2 aromatic heterocycles. The fourth-order valence-electron chi connectivity index (χ4n) is 1.45.